The molecule has 0 radical (unpaired) electrons. The van der Waals surface area contributed by atoms with Gasteiger partial charge < -0.3 is 4.74 Å². The van der Waals surface area contributed by atoms with Crippen molar-refractivity contribution >= 4 is 0 Å². The Bertz CT molecular complexity index is 1290. The molecular formula is C25H23N3O3. The van der Waals surface area contributed by atoms with Gasteiger partial charge in [-0.1, -0.05) is 60.7 Å². The summed E-state index contributed by atoms with van der Waals surface area (Å²) in [5, 5.41) is 0. The third-order valence-electron chi connectivity index (χ3n) is 9.18. The summed E-state index contributed by atoms with van der Waals surface area (Å²) < 4.78 is 11.7. The molecule has 1 aromatic heterocycles. The van der Waals surface area contributed by atoms with Gasteiger partial charge in [-0.25, -0.2) is 23.5 Å². The molecule has 2 bridgehead atoms. The van der Waals surface area contributed by atoms with Crippen molar-refractivity contribution < 1.29 is 4.74 Å². The van der Waals surface area contributed by atoms with Crippen LogP contribution in [-0.2, 0) is 17.3 Å². The Balaban J connectivity index is 1.25. The number of nitrogens with zero attached hydrogens (tertiary/aromatic N) is 3. The largest absolute Gasteiger partial charge is 0.366 e. The molecule has 31 heavy (non-hydrogen) atoms. The molecule has 6 aliphatic rings. The van der Waals surface area contributed by atoms with Crippen molar-refractivity contribution in [2.45, 2.75) is 17.7 Å². The van der Waals surface area contributed by atoms with Gasteiger partial charge in [0.05, 0.1) is 18.2 Å². The molecule has 4 aliphatic carbocycles. The third kappa shape index (κ3) is 1.68. The summed E-state index contributed by atoms with van der Waals surface area (Å²) in [6.45, 7) is 0.479. The Hall–Kier alpha value is -2.86. The number of benzene rings is 2. The molecule has 2 aromatic carbocycles. The Labute approximate surface area is 178 Å². The van der Waals surface area contributed by atoms with Crippen LogP contribution in [0.2, 0.25) is 0 Å². The summed E-state index contributed by atoms with van der Waals surface area (Å²) in [7, 11) is 1.61. The fraction of sp³-hybridized carbons (Fsp3) is 0.440. The van der Waals surface area contributed by atoms with Crippen LogP contribution < -0.4 is 11.4 Å². The van der Waals surface area contributed by atoms with E-state index in [1.165, 1.54) is 4.57 Å². The van der Waals surface area contributed by atoms with Gasteiger partial charge in [-0.3, -0.25) is 0 Å². The maximum absolute atomic E-state index is 13.2. The summed E-state index contributed by atoms with van der Waals surface area (Å²) in [6, 6.07) is 20.8. The highest BCUT2D eigenvalue weighted by molar-refractivity contribution is 5.42. The maximum Gasteiger partial charge on any atom is 0.347 e. The summed E-state index contributed by atoms with van der Waals surface area (Å²) in [6.07, 6.45) is -0.194. The van der Waals surface area contributed by atoms with Gasteiger partial charge in [0.2, 0.25) is 0 Å². The predicted molar refractivity (Wildman–Crippen MR) is 113 cm³/mol. The second kappa shape index (κ2) is 5.13. The summed E-state index contributed by atoms with van der Waals surface area (Å²) in [5.74, 6) is 3.48. The summed E-state index contributed by atoms with van der Waals surface area (Å²) in [4.78, 5) is 26.1. The van der Waals surface area contributed by atoms with Crippen LogP contribution in [0, 0.1) is 35.5 Å². The molecule has 0 saturated heterocycles. The van der Waals surface area contributed by atoms with Gasteiger partial charge >= 0.3 is 11.4 Å². The molecule has 2 aliphatic heterocycles. The van der Waals surface area contributed by atoms with Gasteiger partial charge in [0.25, 0.3) is 0 Å². The van der Waals surface area contributed by atoms with E-state index in [-0.39, 0.29) is 29.1 Å². The lowest BCUT2D eigenvalue weighted by Crippen LogP contribution is -2.59. The molecule has 0 N–H and O–H groups in total. The molecule has 0 amide bonds. The van der Waals surface area contributed by atoms with Gasteiger partial charge in [-0.15, -0.1) is 0 Å². The van der Waals surface area contributed by atoms with E-state index in [4.69, 9.17) is 4.74 Å². The molecular weight excluding hydrogens is 390 g/mol. The highest BCUT2D eigenvalue weighted by Gasteiger charge is 2.95. The fourth-order valence-corrected chi connectivity index (χ4v) is 8.32. The van der Waals surface area contributed by atoms with Crippen molar-refractivity contribution in [3.05, 3.63) is 92.8 Å². The average molecular weight is 413 g/mol. The molecule has 4 saturated carbocycles. The molecule has 4 fully saturated rings. The van der Waals surface area contributed by atoms with Gasteiger partial charge in [0.1, 0.15) is 6.10 Å². The van der Waals surface area contributed by atoms with Crippen LogP contribution in [-0.4, -0.2) is 20.5 Å². The summed E-state index contributed by atoms with van der Waals surface area (Å²) in [5.41, 5.74) is 1.53. The first kappa shape index (κ1) is 16.8. The number of hydrogen-bond donors (Lipinski definition) is 0. The van der Waals surface area contributed by atoms with Crippen molar-refractivity contribution in [1.29, 1.82) is 0 Å². The zero-order valence-corrected chi connectivity index (χ0v) is 17.2. The number of aromatic nitrogens is 3. The lowest BCUT2D eigenvalue weighted by molar-refractivity contribution is -0.0674. The minimum absolute atomic E-state index is 0.155. The Morgan fingerprint density at radius 1 is 0.839 bits per heavy atom. The molecule has 9 rings (SSSR count). The second-order valence-corrected chi connectivity index (χ2v) is 10.1. The van der Waals surface area contributed by atoms with E-state index in [2.05, 4.69) is 24.3 Å². The van der Waals surface area contributed by atoms with Crippen molar-refractivity contribution in [2.75, 3.05) is 6.61 Å². The van der Waals surface area contributed by atoms with Gasteiger partial charge in [0.15, 0.2) is 0 Å². The Kier molecular flexibility index (Phi) is 2.78. The molecule has 6 nitrogen and oxygen atoms in total. The van der Waals surface area contributed by atoms with Crippen molar-refractivity contribution in [1.82, 2.24) is 13.9 Å². The van der Waals surface area contributed by atoms with Crippen LogP contribution in [0.25, 0.3) is 0 Å². The predicted octanol–water partition coefficient (Wildman–Crippen LogP) is 2.16. The zero-order chi connectivity index (χ0) is 20.6. The summed E-state index contributed by atoms with van der Waals surface area (Å²) >= 11 is 0. The first-order valence-electron chi connectivity index (χ1n) is 11.3. The van der Waals surface area contributed by atoms with Crippen LogP contribution >= 0.6 is 0 Å². The van der Waals surface area contributed by atoms with E-state index in [0.29, 0.717) is 42.1 Å². The number of rotatable bonds is 5. The first-order valence-corrected chi connectivity index (χ1v) is 11.3. The topological polar surface area (TPSA) is 58.2 Å². The lowest BCUT2D eigenvalue weighted by Gasteiger charge is -2.47. The smallest absolute Gasteiger partial charge is 0.347 e. The molecule has 6 heteroatoms. The average Bonchev–Trinajstić information content (AvgIpc) is 3.66. The molecule has 156 valence electrons. The number of hydrogen-bond acceptors (Lipinski definition) is 3. The quantitative estimate of drug-likeness (QED) is 0.644. The van der Waals surface area contributed by atoms with Gasteiger partial charge in [-0.2, -0.15) is 0 Å². The van der Waals surface area contributed by atoms with Crippen LogP contribution in [0.3, 0.4) is 0 Å². The number of ether oxygens (including phenoxy) is 1. The van der Waals surface area contributed by atoms with Crippen molar-refractivity contribution in [2.24, 2.45) is 42.6 Å². The van der Waals surface area contributed by atoms with E-state index in [0.717, 1.165) is 11.1 Å². The Morgan fingerprint density at radius 2 is 1.39 bits per heavy atom. The van der Waals surface area contributed by atoms with Gasteiger partial charge in [0, 0.05) is 7.05 Å². The molecule has 3 aromatic rings. The van der Waals surface area contributed by atoms with Gasteiger partial charge in [-0.05, 0) is 46.6 Å². The van der Waals surface area contributed by atoms with E-state index >= 15 is 0 Å². The highest BCUT2D eigenvalue weighted by Crippen LogP contribution is 2.93. The normalized spacial score (nSPS) is 39.1. The van der Waals surface area contributed by atoms with E-state index < -0.39 is 0 Å². The molecule has 2 unspecified atom stereocenters. The monoisotopic (exact) mass is 413 g/mol. The van der Waals surface area contributed by atoms with E-state index in [1.54, 1.807) is 7.05 Å². The van der Waals surface area contributed by atoms with E-state index in [9.17, 15) is 9.59 Å². The van der Waals surface area contributed by atoms with Crippen LogP contribution in [0.5, 0.6) is 0 Å². The third-order valence-corrected chi connectivity index (χ3v) is 9.18. The fourth-order valence-electron chi connectivity index (χ4n) is 8.32. The molecule has 0 spiro atoms. The van der Waals surface area contributed by atoms with Crippen LogP contribution in [0.1, 0.15) is 23.3 Å². The highest BCUT2D eigenvalue weighted by atomic mass is 16.5. The zero-order valence-electron chi connectivity index (χ0n) is 17.2. The standard InChI is InChI=1S/C25H23N3O3/c1-26-23(29)27-21-17-15-16-18(21)20(16)25(19(15)17,28(27)24(26)30)12-31-22(13-8-4-2-5-9-13)14-10-6-3-7-11-14/h2-11,15-22H,12H2,1H3/t15-,16-,17-,18+,19+,20-,21?,25?/m1/s1. The second-order valence-electron chi connectivity index (χ2n) is 10.1. The molecule has 3 heterocycles. The van der Waals surface area contributed by atoms with Crippen LogP contribution in [0.4, 0.5) is 0 Å². The minimum atomic E-state index is -0.362. The molecule has 8 atom stereocenters. The van der Waals surface area contributed by atoms with E-state index in [1.807, 2.05) is 45.8 Å². The Morgan fingerprint density at radius 3 is 1.94 bits per heavy atom. The van der Waals surface area contributed by atoms with Crippen LogP contribution in [0.15, 0.2) is 70.3 Å². The SMILES string of the molecule is Cn1c(=O)n2n(c1=O)C1(COC(c3ccccc3)c3ccccc3)[C@@H]3[C@@H]4C2[C@H]2[C@@H]([C@H]43)[C@H]21. The lowest BCUT2D eigenvalue weighted by atomic mass is 9.77. The first-order chi connectivity index (χ1) is 15.2. The van der Waals surface area contributed by atoms with Crippen molar-refractivity contribution in [3.8, 4) is 0 Å². The van der Waals surface area contributed by atoms with Crippen molar-refractivity contribution in [3.63, 3.8) is 0 Å². The minimum Gasteiger partial charge on any atom is -0.366 e. The maximum atomic E-state index is 13.2.